The average Bonchev–Trinajstić information content (AvgIpc) is 3.90. The van der Waals surface area contributed by atoms with Crippen molar-refractivity contribution in [1.82, 2.24) is 14.9 Å². The van der Waals surface area contributed by atoms with Crippen LogP contribution in [-0.2, 0) is 26.2 Å². The van der Waals surface area contributed by atoms with Crippen molar-refractivity contribution in [2.24, 2.45) is 5.92 Å². The van der Waals surface area contributed by atoms with Gasteiger partial charge >= 0.3 is 0 Å². The van der Waals surface area contributed by atoms with E-state index in [1.165, 1.54) is 12.6 Å². The van der Waals surface area contributed by atoms with Crippen LogP contribution in [0.4, 0.5) is 5.69 Å². The first-order valence-electron chi connectivity index (χ1n) is 16.4. The Labute approximate surface area is 277 Å². The summed E-state index contributed by atoms with van der Waals surface area (Å²) in [7, 11) is -2.09. The van der Waals surface area contributed by atoms with Gasteiger partial charge in [0.05, 0.1) is 4.90 Å². The number of rotatable bonds is 13. The Morgan fingerprint density at radius 1 is 0.766 bits per heavy atom. The second-order valence-electron chi connectivity index (χ2n) is 12.4. The molecule has 1 saturated heterocycles. The van der Waals surface area contributed by atoms with Gasteiger partial charge in [0.15, 0.2) is 0 Å². The minimum Gasteiger partial charge on any atom is -0.336 e. The largest absolute Gasteiger partial charge is 0.336 e. The number of amides is 2. The van der Waals surface area contributed by atoms with E-state index in [-0.39, 0.29) is 16.7 Å². The van der Waals surface area contributed by atoms with Crippen LogP contribution in [0.15, 0.2) is 114 Å². The van der Waals surface area contributed by atoms with Crippen molar-refractivity contribution in [2.45, 2.75) is 49.1 Å². The first-order valence-corrected chi connectivity index (χ1v) is 17.9. The van der Waals surface area contributed by atoms with Crippen LogP contribution in [-0.4, -0.2) is 57.9 Å². The lowest BCUT2D eigenvalue weighted by Crippen LogP contribution is -2.39. The number of nitrogens with one attached hydrogen (secondary N) is 2. The van der Waals surface area contributed by atoms with Gasteiger partial charge in [-0.1, -0.05) is 91.3 Å². The molecule has 4 aromatic carbocycles. The minimum absolute atomic E-state index is 0.0775. The molecule has 1 aliphatic heterocycles. The van der Waals surface area contributed by atoms with Gasteiger partial charge in [-0.25, -0.2) is 13.1 Å². The number of carbonyl (C=O) groups excluding carboxylic acids is 2. The van der Waals surface area contributed by atoms with Crippen LogP contribution in [0.25, 0.3) is 11.1 Å². The number of hydrogen-bond acceptors (Lipinski definition) is 5. The first-order chi connectivity index (χ1) is 22.8. The lowest BCUT2D eigenvalue weighted by molar-refractivity contribution is -0.140. The molecule has 1 saturated carbocycles. The quantitative estimate of drug-likeness (QED) is 0.146. The molecular formula is C38H42N4O4S. The third-order valence-corrected chi connectivity index (χ3v) is 10.7. The SMILES string of the molecule is CNS(=O)(=O)c1cccc(-c2ccc([C@@H]3C[C@H]3NCCCCC3C(=O)N(Cc4ccccc4)CCN(c4ccccc4)C3=O)cc2)c1. The Morgan fingerprint density at radius 3 is 2.21 bits per heavy atom. The van der Waals surface area contributed by atoms with Crippen molar-refractivity contribution >= 4 is 27.5 Å². The van der Waals surface area contributed by atoms with Gasteiger partial charge in [0.1, 0.15) is 5.92 Å². The molecule has 9 heteroatoms. The van der Waals surface area contributed by atoms with Crippen molar-refractivity contribution in [3.8, 4) is 11.1 Å². The molecule has 47 heavy (non-hydrogen) atoms. The van der Waals surface area contributed by atoms with E-state index < -0.39 is 15.9 Å². The summed E-state index contributed by atoms with van der Waals surface area (Å²) in [6, 6.07) is 35.4. The van der Waals surface area contributed by atoms with Crippen LogP contribution < -0.4 is 14.9 Å². The molecule has 0 aromatic heterocycles. The molecule has 0 radical (unpaired) electrons. The molecular weight excluding hydrogens is 609 g/mol. The fraction of sp³-hybridized carbons (Fsp3) is 0.316. The molecule has 244 valence electrons. The van der Waals surface area contributed by atoms with E-state index in [9.17, 15) is 18.0 Å². The number of para-hydroxylation sites is 1. The lowest BCUT2D eigenvalue weighted by Gasteiger charge is -2.23. The summed E-state index contributed by atoms with van der Waals surface area (Å²) in [6.45, 7) is 2.31. The molecule has 2 N–H and O–H groups in total. The van der Waals surface area contributed by atoms with Crippen LogP contribution in [0, 0.1) is 5.92 Å². The highest BCUT2D eigenvalue weighted by molar-refractivity contribution is 7.89. The number of carbonyl (C=O) groups is 2. The summed E-state index contributed by atoms with van der Waals surface area (Å²) in [5.74, 6) is -0.430. The highest BCUT2D eigenvalue weighted by atomic mass is 32.2. The number of nitrogens with zero attached hydrogens (tertiary/aromatic N) is 2. The van der Waals surface area contributed by atoms with Crippen molar-refractivity contribution in [1.29, 1.82) is 0 Å². The second-order valence-corrected chi connectivity index (χ2v) is 14.3. The first kappa shape index (κ1) is 32.6. The third-order valence-electron chi connectivity index (χ3n) is 9.25. The van der Waals surface area contributed by atoms with E-state index in [1.54, 1.807) is 23.1 Å². The molecule has 2 fully saturated rings. The number of anilines is 1. The van der Waals surface area contributed by atoms with Crippen molar-refractivity contribution in [2.75, 3.05) is 31.6 Å². The van der Waals surface area contributed by atoms with E-state index in [0.29, 0.717) is 38.0 Å². The molecule has 2 amide bonds. The van der Waals surface area contributed by atoms with Gasteiger partial charge in [-0.05, 0) is 79.4 Å². The Kier molecular flexibility index (Phi) is 10.2. The van der Waals surface area contributed by atoms with Crippen molar-refractivity contribution in [3.63, 3.8) is 0 Å². The monoisotopic (exact) mass is 650 g/mol. The molecule has 1 unspecified atom stereocenters. The van der Waals surface area contributed by atoms with Gasteiger partial charge in [0.25, 0.3) is 0 Å². The summed E-state index contributed by atoms with van der Waals surface area (Å²) in [5.41, 5.74) is 5.00. The maximum absolute atomic E-state index is 13.8. The molecule has 8 nitrogen and oxygen atoms in total. The van der Waals surface area contributed by atoms with Gasteiger partial charge in [0.2, 0.25) is 21.8 Å². The molecule has 1 aliphatic carbocycles. The number of benzene rings is 4. The fourth-order valence-corrected chi connectivity index (χ4v) is 7.24. The zero-order chi connectivity index (χ0) is 32.8. The van der Waals surface area contributed by atoms with Crippen molar-refractivity contribution < 1.29 is 18.0 Å². The van der Waals surface area contributed by atoms with Crippen LogP contribution >= 0.6 is 0 Å². The predicted octanol–water partition coefficient (Wildman–Crippen LogP) is 5.57. The highest BCUT2D eigenvalue weighted by Crippen LogP contribution is 2.41. The lowest BCUT2D eigenvalue weighted by atomic mass is 9.98. The summed E-state index contributed by atoms with van der Waals surface area (Å²) in [6.07, 6.45) is 3.26. The maximum atomic E-state index is 13.8. The van der Waals surface area contributed by atoms with E-state index in [0.717, 1.165) is 48.2 Å². The van der Waals surface area contributed by atoms with Gasteiger partial charge < -0.3 is 15.1 Å². The zero-order valence-electron chi connectivity index (χ0n) is 26.7. The molecule has 0 bridgehead atoms. The van der Waals surface area contributed by atoms with Gasteiger partial charge in [-0.15, -0.1) is 0 Å². The average molecular weight is 651 g/mol. The van der Waals surface area contributed by atoms with Crippen LogP contribution in [0.1, 0.15) is 42.7 Å². The van der Waals surface area contributed by atoms with E-state index in [1.807, 2.05) is 71.6 Å². The van der Waals surface area contributed by atoms with Gasteiger partial charge in [0, 0.05) is 37.3 Å². The normalized spacial score (nSPS) is 19.9. The summed E-state index contributed by atoms with van der Waals surface area (Å²) in [5, 5.41) is 3.67. The van der Waals surface area contributed by atoms with Gasteiger partial charge in [-0.2, -0.15) is 0 Å². The predicted molar refractivity (Wildman–Crippen MR) is 185 cm³/mol. The van der Waals surface area contributed by atoms with E-state index >= 15 is 0 Å². The van der Waals surface area contributed by atoms with E-state index in [4.69, 9.17) is 0 Å². The molecule has 1 heterocycles. The third kappa shape index (κ3) is 7.81. The summed E-state index contributed by atoms with van der Waals surface area (Å²) in [4.78, 5) is 31.4. The van der Waals surface area contributed by atoms with E-state index in [2.05, 4.69) is 34.3 Å². The summed E-state index contributed by atoms with van der Waals surface area (Å²) < 4.78 is 26.8. The minimum atomic E-state index is -3.50. The Bertz CT molecular complexity index is 1780. The molecule has 6 rings (SSSR count). The topological polar surface area (TPSA) is 98.8 Å². The maximum Gasteiger partial charge on any atom is 0.240 e. The smallest absolute Gasteiger partial charge is 0.240 e. The highest BCUT2D eigenvalue weighted by Gasteiger charge is 2.39. The number of hydrogen-bond donors (Lipinski definition) is 2. The van der Waals surface area contributed by atoms with Crippen LogP contribution in [0.5, 0.6) is 0 Å². The molecule has 4 aromatic rings. The number of unbranched alkanes of at least 4 members (excludes halogenated alkanes) is 1. The Morgan fingerprint density at radius 2 is 1.49 bits per heavy atom. The standard InChI is InChI=1S/C38H42N4O4S/c1-39-47(45,46)33-16-10-13-31(25-33)29-18-20-30(21-19-29)35-26-36(35)40-22-9-8-17-34-37(43)41(27-28-11-4-2-5-12-28)23-24-42(38(34)44)32-14-6-3-7-15-32/h2-7,10-16,18-21,25,34-36,39-40H,8-9,17,22-24,26-27H2,1H3/t34?,35-,36+/m0/s1. The molecule has 0 spiro atoms. The zero-order valence-corrected chi connectivity index (χ0v) is 27.5. The van der Waals surface area contributed by atoms with Crippen molar-refractivity contribution in [3.05, 3.63) is 120 Å². The van der Waals surface area contributed by atoms with Gasteiger partial charge in [-0.3, -0.25) is 9.59 Å². The van der Waals surface area contributed by atoms with Crippen LogP contribution in [0.2, 0.25) is 0 Å². The number of sulfonamides is 1. The second kappa shape index (κ2) is 14.6. The Balaban J connectivity index is 1.02. The molecule has 3 atom stereocenters. The molecule has 2 aliphatic rings. The summed E-state index contributed by atoms with van der Waals surface area (Å²) >= 11 is 0. The van der Waals surface area contributed by atoms with Crippen LogP contribution in [0.3, 0.4) is 0 Å². The fourth-order valence-electron chi connectivity index (χ4n) is 6.46. The Hall–Kier alpha value is -4.31.